The molecule has 0 radical (unpaired) electrons. The van der Waals surface area contributed by atoms with E-state index in [0.717, 1.165) is 19.3 Å². The Balaban J connectivity index is 1.91. The number of carbonyl (C=O) groups is 1. The van der Waals surface area contributed by atoms with Gasteiger partial charge in [0, 0.05) is 19.5 Å². The fraction of sp³-hybridized carbons (Fsp3) is 0.909. The highest BCUT2D eigenvalue weighted by Crippen LogP contribution is 2.33. The molecule has 1 atom stereocenters. The number of β-amino-alcohol motifs (C(OH)–C–C–N with tert-alkyl or cyclic N) is 1. The Morgan fingerprint density at radius 2 is 2.14 bits per heavy atom. The quantitative estimate of drug-likeness (QED) is 0.712. The lowest BCUT2D eigenvalue weighted by atomic mass is 9.82. The number of nitrogens with zero attached hydrogens (tertiary/aromatic N) is 1. The van der Waals surface area contributed by atoms with E-state index < -0.39 is 5.60 Å². The highest BCUT2D eigenvalue weighted by molar-refractivity contribution is 5.86. The van der Waals surface area contributed by atoms with E-state index in [1.54, 1.807) is 0 Å². The number of hydrogen-bond acceptors (Lipinski definition) is 3. The molecule has 1 unspecified atom stereocenters. The van der Waals surface area contributed by atoms with Gasteiger partial charge in [-0.05, 0) is 18.8 Å². The van der Waals surface area contributed by atoms with Gasteiger partial charge in [-0.2, -0.15) is 0 Å². The van der Waals surface area contributed by atoms with E-state index in [1.165, 1.54) is 0 Å². The first-order valence-corrected chi connectivity index (χ1v) is 5.52. The second-order valence-electron chi connectivity index (χ2n) is 5.04. The van der Waals surface area contributed by atoms with Crippen molar-refractivity contribution in [2.75, 3.05) is 13.1 Å². The van der Waals surface area contributed by atoms with Crippen molar-refractivity contribution in [3.8, 4) is 0 Å². The molecule has 1 aliphatic carbocycles. The fourth-order valence-corrected chi connectivity index (χ4v) is 2.43. The first kappa shape index (κ1) is 10.1. The summed E-state index contributed by atoms with van der Waals surface area (Å²) in [6.45, 7) is 5.43. The summed E-state index contributed by atoms with van der Waals surface area (Å²) in [6, 6.07) is 0.119. The zero-order chi connectivity index (χ0) is 10.3. The lowest BCUT2D eigenvalue weighted by Crippen LogP contribution is -2.67. The van der Waals surface area contributed by atoms with Crippen LogP contribution in [0.2, 0.25) is 0 Å². The van der Waals surface area contributed by atoms with Crippen LogP contribution < -0.4 is 0 Å². The third-order valence-corrected chi connectivity index (χ3v) is 3.74. The first-order chi connectivity index (χ1) is 6.53. The summed E-state index contributed by atoms with van der Waals surface area (Å²) < 4.78 is 0. The van der Waals surface area contributed by atoms with Gasteiger partial charge in [0.25, 0.3) is 0 Å². The highest BCUT2D eigenvalue weighted by Gasteiger charge is 2.48. The lowest BCUT2D eigenvalue weighted by molar-refractivity contribution is -0.151. The van der Waals surface area contributed by atoms with Crippen molar-refractivity contribution in [1.29, 1.82) is 0 Å². The summed E-state index contributed by atoms with van der Waals surface area (Å²) in [4.78, 5) is 13.6. The molecule has 0 amide bonds. The molecule has 3 heteroatoms. The van der Waals surface area contributed by atoms with Crippen LogP contribution in [0.15, 0.2) is 0 Å². The van der Waals surface area contributed by atoms with E-state index in [0.29, 0.717) is 18.9 Å². The summed E-state index contributed by atoms with van der Waals surface area (Å²) in [5, 5.41) is 10.1. The molecule has 80 valence electrons. The zero-order valence-electron chi connectivity index (χ0n) is 8.99. The molecule has 2 rings (SSSR count). The van der Waals surface area contributed by atoms with Crippen LogP contribution in [-0.4, -0.2) is 40.5 Å². The van der Waals surface area contributed by atoms with Gasteiger partial charge in [-0.3, -0.25) is 9.69 Å². The summed E-state index contributed by atoms with van der Waals surface area (Å²) in [6.07, 6.45) is 2.76. The number of rotatable bonds is 2. The molecule has 2 fully saturated rings. The van der Waals surface area contributed by atoms with Crippen molar-refractivity contribution in [3.63, 3.8) is 0 Å². The second-order valence-corrected chi connectivity index (χ2v) is 5.04. The summed E-state index contributed by atoms with van der Waals surface area (Å²) in [5.41, 5.74) is -0.539. The molecule has 1 aliphatic heterocycles. The van der Waals surface area contributed by atoms with Gasteiger partial charge in [-0.15, -0.1) is 0 Å². The van der Waals surface area contributed by atoms with Gasteiger partial charge in [-0.1, -0.05) is 13.8 Å². The third-order valence-electron chi connectivity index (χ3n) is 3.74. The van der Waals surface area contributed by atoms with Gasteiger partial charge in [0.15, 0.2) is 0 Å². The second kappa shape index (κ2) is 3.31. The smallest absolute Gasteiger partial charge is 0.149 e. The Hall–Kier alpha value is -0.410. The largest absolute Gasteiger partial charge is 0.387 e. The molecule has 14 heavy (non-hydrogen) atoms. The number of aliphatic hydroxyl groups is 1. The van der Waals surface area contributed by atoms with Gasteiger partial charge >= 0.3 is 0 Å². The maximum Gasteiger partial charge on any atom is 0.149 e. The summed E-state index contributed by atoms with van der Waals surface area (Å²) in [7, 11) is 0. The number of ketones is 1. The van der Waals surface area contributed by atoms with Crippen LogP contribution in [-0.2, 0) is 4.79 Å². The van der Waals surface area contributed by atoms with Crippen LogP contribution in [0.3, 0.4) is 0 Å². The van der Waals surface area contributed by atoms with Crippen LogP contribution in [0.4, 0.5) is 0 Å². The van der Waals surface area contributed by atoms with Crippen LogP contribution in [0.1, 0.15) is 33.1 Å². The number of Topliss-reactive ketones (excluding diaryl/α,β-unsaturated/α-hetero) is 1. The molecule has 0 aromatic rings. The Labute approximate surface area is 85.1 Å². The maximum absolute atomic E-state index is 11.5. The van der Waals surface area contributed by atoms with E-state index >= 15 is 0 Å². The predicted octanol–water partition coefficient (Wildman–Crippen LogP) is 0.811. The van der Waals surface area contributed by atoms with E-state index in [2.05, 4.69) is 4.90 Å². The third kappa shape index (κ3) is 1.48. The van der Waals surface area contributed by atoms with Crippen LogP contribution in [0, 0.1) is 5.92 Å². The van der Waals surface area contributed by atoms with Gasteiger partial charge in [0.2, 0.25) is 0 Å². The van der Waals surface area contributed by atoms with Crippen molar-refractivity contribution < 1.29 is 9.90 Å². The Bertz CT molecular complexity index is 244. The van der Waals surface area contributed by atoms with Crippen molar-refractivity contribution in [1.82, 2.24) is 4.90 Å². The van der Waals surface area contributed by atoms with E-state index in [1.807, 2.05) is 13.8 Å². The first-order valence-electron chi connectivity index (χ1n) is 5.52. The standard InChI is InChI=1S/C11H19NO2/c1-8(2)11(14)6-12(7-11)9-4-3-5-10(9)13/h8-9,14H,3-7H2,1-2H3. The van der Waals surface area contributed by atoms with E-state index in [9.17, 15) is 9.90 Å². The minimum Gasteiger partial charge on any atom is -0.387 e. The molecular formula is C11H19NO2. The molecule has 1 saturated heterocycles. The van der Waals surface area contributed by atoms with Crippen LogP contribution >= 0.6 is 0 Å². The zero-order valence-corrected chi connectivity index (χ0v) is 8.99. The molecule has 2 aliphatic rings. The Morgan fingerprint density at radius 3 is 2.57 bits per heavy atom. The normalized spacial score (nSPS) is 32.3. The monoisotopic (exact) mass is 197 g/mol. The maximum atomic E-state index is 11.5. The molecular weight excluding hydrogens is 178 g/mol. The molecule has 1 heterocycles. The SMILES string of the molecule is CC(C)C1(O)CN(C2CCCC2=O)C1. The van der Waals surface area contributed by atoms with Crippen molar-refractivity contribution in [3.05, 3.63) is 0 Å². The summed E-state index contributed by atoms with van der Waals surface area (Å²) >= 11 is 0. The van der Waals surface area contributed by atoms with E-state index in [-0.39, 0.29) is 12.0 Å². The molecule has 0 aromatic heterocycles. The molecule has 1 N–H and O–H groups in total. The lowest BCUT2D eigenvalue weighted by Gasteiger charge is -2.51. The van der Waals surface area contributed by atoms with E-state index in [4.69, 9.17) is 0 Å². The van der Waals surface area contributed by atoms with Gasteiger partial charge in [0.1, 0.15) is 5.78 Å². The van der Waals surface area contributed by atoms with Crippen LogP contribution in [0.25, 0.3) is 0 Å². The average molecular weight is 197 g/mol. The molecule has 1 saturated carbocycles. The number of carbonyl (C=O) groups excluding carboxylic acids is 1. The molecule has 3 nitrogen and oxygen atoms in total. The molecule has 0 bridgehead atoms. The number of likely N-dealkylation sites (tertiary alicyclic amines) is 1. The minimum atomic E-state index is -0.539. The predicted molar refractivity (Wildman–Crippen MR) is 54.0 cm³/mol. The topological polar surface area (TPSA) is 40.5 Å². The summed E-state index contributed by atoms with van der Waals surface area (Å²) in [5.74, 6) is 0.658. The highest BCUT2D eigenvalue weighted by atomic mass is 16.3. The van der Waals surface area contributed by atoms with Gasteiger partial charge in [0.05, 0.1) is 11.6 Å². The Morgan fingerprint density at radius 1 is 1.50 bits per heavy atom. The van der Waals surface area contributed by atoms with Crippen molar-refractivity contribution in [2.24, 2.45) is 5.92 Å². The Kier molecular flexibility index (Phi) is 2.40. The van der Waals surface area contributed by atoms with Gasteiger partial charge < -0.3 is 5.11 Å². The fourth-order valence-electron chi connectivity index (χ4n) is 2.43. The number of hydrogen-bond donors (Lipinski definition) is 1. The average Bonchev–Trinajstić information content (AvgIpc) is 2.45. The van der Waals surface area contributed by atoms with Crippen molar-refractivity contribution >= 4 is 5.78 Å². The van der Waals surface area contributed by atoms with Crippen LogP contribution in [0.5, 0.6) is 0 Å². The van der Waals surface area contributed by atoms with Crippen molar-refractivity contribution in [2.45, 2.75) is 44.8 Å². The molecule has 0 spiro atoms. The minimum absolute atomic E-state index is 0.119. The molecule has 0 aromatic carbocycles. The van der Waals surface area contributed by atoms with Gasteiger partial charge in [-0.25, -0.2) is 0 Å².